The topological polar surface area (TPSA) is 26.3 Å². The average Bonchev–Trinajstić information content (AvgIpc) is 2.40. The Labute approximate surface area is 107 Å². The summed E-state index contributed by atoms with van der Waals surface area (Å²) in [6.45, 7) is 3.61. The molecule has 0 atom stereocenters. The summed E-state index contributed by atoms with van der Waals surface area (Å²) in [5.74, 6) is 0.236. The van der Waals surface area contributed by atoms with Gasteiger partial charge in [0.05, 0.1) is 0 Å². The molecule has 1 heterocycles. The first kappa shape index (κ1) is 12.7. The van der Waals surface area contributed by atoms with Crippen LogP contribution in [0, 0.1) is 0 Å². The van der Waals surface area contributed by atoms with E-state index in [-0.39, 0.29) is 5.78 Å². The van der Waals surface area contributed by atoms with Crippen LogP contribution in [0.25, 0.3) is 0 Å². The van der Waals surface area contributed by atoms with Crippen LogP contribution in [-0.4, -0.2) is 24.2 Å². The zero-order valence-corrected chi connectivity index (χ0v) is 11.0. The zero-order chi connectivity index (χ0) is 12.1. The molecule has 3 heteroatoms. The number of Topliss-reactive ketones (excluding diaryl/α,β-unsaturated/α-hetero) is 1. The molecule has 0 bridgehead atoms. The Bertz CT molecular complexity index is 384. The van der Waals surface area contributed by atoms with Gasteiger partial charge >= 0.3 is 0 Å². The lowest BCUT2D eigenvalue weighted by Crippen LogP contribution is -2.17. The summed E-state index contributed by atoms with van der Waals surface area (Å²) in [5.41, 5.74) is 0.881. The van der Waals surface area contributed by atoms with Gasteiger partial charge in [-0.25, -0.2) is 0 Å². The predicted octanol–water partition coefficient (Wildman–Crippen LogP) is 3.55. The van der Waals surface area contributed by atoms with Gasteiger partial charge in [-0.3, -0.25) is 4.79 Å². The van der Waals surface area contributed by atoms with Gasteiger partial charge < -0.3 is 4.74 Å². The third-order valence-corrected chi connectivity index (χ3v) is 4.39. The van der Waals surface area contributed by atoms with E-state index in [2.05, 4.69) is 6.07 Å². The van der Waals surface area contributed by atoms with Crippen molar-refractivity contribution < 1.29 is 9.53 Å². The highest BCUT2D eigenvalue weighted by Gasteiger charge is 2.17. The number of thioether (sulfide) groups is 1. The first-order chi connectivity index (χ1) is 8.31. The maximum atomic E-state index is 11.8. The normalized spacial score (nSPS) is 17.0. The highest BCUT2D eigenvalue weighted by atomic mass is 32.2. The number of rotatable bonds is 4. The minimum absolute atomic E-state index is 0.236. The van der Waals surface area contributed by atoms with Crippen LogP contribution >= 0.6 is 11.8 Å². The molecule has 1 aliphatic heterocycles. The lowest BCUT2D eigenvalue weighted by molar-refractivity contribution is 0.0985. The molecule has 92 valence electrons. The molecule has 0 aromatic heterocycles. The third kappa shape index (κ3) is 3.33. The molecule has 0 unspecified atom stereocenters. The predicted molar refractivity (Wildman–Crippen MR) is 70.8 cm³/mol. The van der Waals surface area contributed by atoms with Crippen LogP contribution < -0.4 is 0 Å². The SMILES string of the molecule is CCC(=O)c1ccccc1SC1CCOCC1. The smallest absolute Gasteiger partial charge is 0.163 e. The van der Waals surface area contributed by atoms with Gasteiger partial charge in [-0.1, -0.05) is 25.1 Å². The maximum Gasteiger partial charge on any atom is 0.163 e. The summed E-state index contributed by atoms with van der Waals surface area (Å²) >= 11 is 1.83. The van der Waals surface area contributed by atoms with Gasteiger partial charge in [0, 0.05) is 35.3 Å². The molecule has 1 saturated heterocycles. The molecule has 2 nitrogen and oxygen atoms in total. The summed E-state index contributed by atoms with van der Waals surface area (Å²) in [5, 5.41) is 0.592. The van der Waals surface area contributed by atoms with Crippen LogP contribution in [-0.2, 0) is 4.74 Å². The van der Waals surface area contributed by atoms with Gasteiger partial charge in [0.25, 0.3) is 0 Å². The fourth-order valence-electron chi connectivity index (χ4n) is 1.96. The second-order valence-corrected chi connectivity index (χ2v) is 5.54. The standard InChI is InChI=1S/C14H18O2S/c1-2-13(15)12-5-3-4-6-14(12)17-11-7-9-16-10-8-11/h3-6,11H,2,7-10H2,1H3. The number of carbonyl (C=O) groups excluding carboxylic acids is 1. The molecule has 0 radical (unpaired) electrons. The van der Waals surface area contributed by atoms with Crippen molar-refractivity contribution in [3.8, 4) is 0 Å². The van der Waals surface area contributed by atoms with E-state index in [9.17, 15) is 4.79 Å². The van der Waals surface area contributed by atoms with Crippen molar-refractivity contribution in [3.05, 3.63) is 29.8 Å². The van der Waals surface area contributed by atoms with Crippen molar-refractivity contribution in [2.75, 3.05) is 13.2 Å². The van der Waals surface area contributed by atoms with Gasteiger partial charge in [0.2, 0.25) is 0 Å². The second-order valence-electron chi connectivity index (χ2n) is 4.20. The first-order valence-electron chi connectivity index (χ1n) is 6.18. The van der Waals surface area contributed by atoms with Crippen molar-refractivity contribution in [2.24, 2.45) is 0 Å². The molecular formula is C14H18O2S. The van der Waals surface area contributed by atoms with Crippen LogP contribution in [0.2, 0.25) is 0 Å². The lowest BCUT2D eigenvalue weighted by atomic mass is 10.1. The Balaban J connectivity index is 2.11. The molecule has 17 heavy (non-hydrogen) atoms. The highest BCUT2D eigenvalue weighted by molar-refractivity contribution is 8.00. The molecule has 1 fully saturated rings. The Kier molecular flexibility index (Phi) is 4.63. The molecular weight excluding hydrogens is 232 g/mol. The Hall–Kier alpha value is -0.800. The zero-order valence-electron chi connectivity index (χ0n) is 10.1. The largest absolute Gasteiger partial charge is 0.381 e. The number of benzene rings is 1. The minimum atomic E-state index is 0.236. The summed E-state index contributed by atoms with van der Waals surface area (Å²) in [7, 11) is 0. The number of carbonyl (C=O) groups is 1. The average molecular weight is 250 g/mol. The van der Waals surface area contributed by atoms with Crippen LogP contribution in [0.3, 0.4) is 0 Å². The second kappa shape index (κ2) is 6.22. The van der Waals surface area contributed by atoms with Gasteiger partial charge in [0.15, 0.2) is 5.78 Å². The third-order valence-electron chi connectivity index (χ3n) is 2.97. The molecule has 1 aromatic rings. The number of ketones is 1. The number of hydrogen-bond donors (Lipinski definition) is 0. The van der Waals surface area contributed by atoms with E-state index in [1.807, 2.05) is 36.9 Å². The molecule has 1 aromatic carbocycles. The van der Waals surface area contributed by atoms with Crippen molar-refractivity contribution >= 4 is 17.5 Å². The van der Waals surface area contributed by atoms with Crippen molar-refractivity contribution in [2.45, 2.75) is 36.3 Å². The maximum absolute atomic E-state index is 11.8. The summed E-state index contributed by atoms with van der Waals surface area (Å²) in [6.07, 6.45) is 2.74. The van der Waals surface area contributed by atoms with E-state index in [0.717, 1.165) is 36.5 Å². The lowest BCUT2D eigenvalue weighted by Gasteiger charge is -2.22. The quantitative estimate of drug-likeness (QED) is 0.764. The summed E-state index contributed by atoms with van der Waals surface area (Å²) in [6, 6.07) is 7.95. The molecule has 0 amide bonds. The summed E-state index contributed by atoms with van der Waals surface area (Å²) in [4.78, 5) is 13.0. The molecule has 0 saturated carbocycles. The van der Waals surface area contributed by atoms with Gasteiger partial charge in [0.1, 0.15) is 0 Å². The van der Waals surface area contributed by atoms with Gasteiger partial charge in [-0.05, 0) is 18.9 Å². The van der Waals surface area contributed by atoms with E-state index in [0.29, 0.717) is 11.7 Å². The number of hydrogen-bond acceptors (Lipinski definition) is 3. The fourth-order valence-corrected chi connectivity index (χ4v) is 3.22. The molecule has 0 N–H and O–H groups in total. The van der Waals surface area contributed by atoms with E-state index in [4.69, 9.17) is 4.74 Å². The molecule has 1 aliphatic rings. The van der Waals surface area contributed by atoms with Crippen LogP contribution in [0.4, 0.5) is 0 Å². The number of ether oxygens (including phenoxy) is 1. The Morgan fingerprint density at radius 1 is 1.35 bits per heavy atom. The van der Waals surface area contributed by atoms with Crippen LogP contribution in [0.1, 0.15) is 36.5 Å². The minimum Gasteiger partial charge on any atom is -0.381 e. The summed E-state index contributed by atoms with van der Waals surface area (Å²) < 4.78 is 5.36. The van der Waals surface area contributed by atoms with E-state index in [1.165, 1.54) is 0 Å². The van der Waals surface area contributed by atoms with E-state index in [1.54, 1.807) is 0 Å². The first-order valence-corrected chi connectivity index (χ1v) is 7.06. The highest BCUT2D eigenvalue weighted by Crippen LogP contribution is 2.32. The molecule has 0 aliphatic carbocycles. The monoisotopic (exact) mass is 250 g/mol. The van der Waals surface area contributed by atoms with Crippen LogP contribution in [0.5, 0.6) is 0 Å². The van der Waals surface area contributed by atoms with Crippen molar-refractivity contribution in [1.82, 2.24) is 0 Å². The van der Waals surface area contributed by atoms with Gasteiger partial charge in [-0.2, -0.15) is 0 Å². The van der Waals surface area contributed by atoms with E-state index >= 15 is 0 Å². The van der Waals surface area contributed by atoms with Crippen molar-refractivity contribution in [3.63, 3.8) is 0 Å². The van der Waals surface area contributed by atoms with Crippen LogP contribution in [0.15, 0.2) is 29.2 Å². The van der Waals surface area contributed by atoms with Crippen molar-refractivity contribution in [1.29, 1.82) is 0 Å². The fraction of sp³-hybridized carbons (Fsp3) is 0.500. The molecule has 0 spiro atoms. The molecule has 2 rings (SSSR count). The Morgan fingerprint density at radius 2 is 2.06 bits per heavy atom. The van der Waals surface area contributed by atoms with Gasteiger partial charge in [-0.15, -0.1) is 11.8 Å². The Morgan fingerprint density at radius 3 is 2.76 bits per heavy atom. The van der Waals surface area contributed by atoms with E-state index < -0.39 is 0 Å².